The molecule has 0 aliphatic carbocycles. The molecule has 1 aromatic heterocycles. The molecule has 32 heavy (non-hydrogen) atoms. The number of rotatable bonds is 6. The number of hydrogen-bond donors (Lipinski definition) is 2. The molecule has 162 valence electrons. The van der Waals surface area contributed by atoms with Crippen LogP contribution >= 0.6 is 23.2 Å². The quantitative estimate of drug-likeness (QED) is 0.335. The summed E-state index contributed by atoms with van der Waals surface area (Å²) in [6.45, 7) is 1.76. The van der Waals surface area contributed by atoms with E-state index in [2.05, 4.69) is 15.3 Å². The lowest BCUT2D eigenvalue weighted by atomic mass is 10.2. The number of nitrogens with zero attached hydrogens (tertiary/aromatic N) is 1. The van der Waals surface area contributed by atoms with Gasteiger partial charge in [-0.25, -0.2) is 9.78 Å². The van der Waals surface area contributed by atoms with Gasteiger partial charge < -0.3 is 15.0 Å². The number of halogens is 2. The molecular formula is C24H19Cl2N3O3. The van der Waals surface area contributed by atoms with Gasteiger partial charge in [-0.05, 0) is 42.8 Å². The zero-order chi connectivity index (χ0) is 22.7. The van der Waals surface area contributed by atoms with Crippen LogP contribution in [0.2, 0.25) is 10.0 Å². The number of aromatic nitrogens is 2. The molecule has 0 fully saturated rings. The molecule has 0 bridgehead atoms. The van der Waals surface area contributed by atoms with E-state index in [0.29, 0.717) is 39.1 Å². The molecule has 1 atom stereocenters. The monoisotopic (exact) mass is 467 g/mol. The fraction of sp³-hybridized carbons (Fsp3) is 0.125. The van der Waals surface area contributed by atoms with E-state index in [4.69, 9.17) is 27.9 Å². The van der Waals surface area contributed by atoms with Crippen LogP contribution in [0.25, 0.3) is 22.4 Å². The van der Waals surface area contributed by atoms with E-state index in [1.807, 2.05) is 30.3 Å². The third-order valence-corrected chi connectivity index (χ3v) is 5.24. The number of imidazole rings is 1. The van der Waals surface area contributed by atoms with Crippen molar-refractivity contribution in [2.24, 2.45) is 0 Å². The second kappa shape index (κ2) is 9.42. The number of carbonyl (C=O) groups is 2. The predicted molar refractivity (Wildman–Crippen MR) is 126 cm³/mol. The Hall–Kier alpha value is -3.35. The Labute approximate surface area is 194 Å². The van der Waals surface area contributed by atoms with Gasteiger partial charge in [0.05, 0.1) is 16.6 Å². The average Bonchev–Trinajstić information content (AvgIpc) is 3.20. The molecule has 8 heteroatoms. The van der Waals surface area contributed by atoms with Crippen LogP contribution in [0.5, 0.6) is 0 Å². The summed E-state index contributed by atoms with van der Waals surface area (Å²) < 4.78 is 5.47. The largest absolute Gasteiger partial charge is 0.449 e. The molecule has 1 unspecified atom stereocenters. The first kappa shape index (κ1) is 21.9. The Kier molecular flexibility index (Phi) is 6.44. The van der Waals surface area contributed by atoms with Crippen molar-refractivity contribution in [3.63, 3.8) is 0 Å². The van der Waals surface area contributed by atoms with Crippen molar-refractivity contribution in [1.29, 1.82) is 0 Å². The zero-order valence-electron chi connectivity index (χ0n) is 17.1. The van der Waals surface area contributed by atoms with Crippen molar-refractivity contribution in [2.75, 3.05) is 5.32 Å². The Morgan fingerprint density at radius 3 is 2.44 bits per heavy atom. The normalized spacial score (nSPS) is 11.8. The summed E-state index contributed by atoms with van der Waals surface area (Å²) in [7, 11) is 0. The van der Waals surface area contributed by atoms with Crippen molar-refractivity contribution in [2.45, 2.75) is 19.4 Å². The van der Waals surface area contributed by atoms with Gasteiger partial charge in [0.25, 0.3) is 5.91 Å². The lowest BCUT2D eigenvalue weighted by Gasteiger charge is -2.16. The molecule has 0 saturated heterocycles. The fourth-order valence-corrected chi connectivity index (χ4v) is 3.76. The summed E-state index contributed by atoms with van der Waals surface area (Å²) in [5.41, 5.74) is 3.11. The van der Waals surface area contributed by atoms with Crippen molar-refractivity contribution in [1.82, 2.24) is 9.97 Å². The number of anilines is 1. The highest BCUT2D eigenvalue weighted by Crippen LogP contribution is 2.24. The van der Waals surface area contributed by atoms with E-state index in [1.54, 1.807) is 43.3 Å². The molecule has 0 spiro atoms. The minimum atomic E-state index is -0.974. The Morgan fingerprint density at radius 1 is 1.03 bits per heavy atom. The second-order valence-corrected chi connectivity index (χ2v) is 8.01. The maximum absolute atomic E-state index is 12.7. The SMILES string of the molecule is CCC(OC(=O)c1ccc2nc(-c3ccccc3)[nH]c2c1)C(=O)Nc1cc(Cl)cc(Cl)c1. The number of aromatic amines is 1. The van der Waals surface area contributed by atoms with Gasteiger partial charge in [0.1, 0.15) is 5.82 Å². The third kappa shape index (κ3) is 4.93. The molecule has 3 aromatic carbocycles. The highest BCUT2D eigenvalue weighted by Gasteiger charge is 2.23. The molecule has 6 nitrogen and oxygen atoms in total. The first-order chi connectivity index (χ1) is 15.4. The van der Waals surface area contributed by atoms with Crippen LogP contribution in [0.1, 0.15) is 23.7 Å². The number of ether oxygens (including phenoxy) is 1. The lowest BCUT2D eigenvalue weighted by molar-refractivity contribution is -0.124. The molecular weight excluding hydrogens is 449 g/mol. The number of hydrogen-bond acceptors (Lipinski definition) is 4. The molecule has 0 radical (unpaired) electrons. The van der Waals surface area contributed by atoms with Crippen molar-refractivity contribution >= 4 is 51.8 Å². The summed E-state index contributed by atoms with van der Waals surface area (Å²) in [6, 6.07) is 19.4. The number of H-pyrrole nitrogens is 1. The van der Waals surface area contributed by atoms with Crippen LogP contribution < -0.4 is 5.32 Å². The average molecular weight is 468 g/mol. The highest BCUT2D eigenvalue weighted by molar-refractivity contribution is 6.35. The van der Waals surface area contributed by atoms with Gasteiger partial charge in [0.2, 0.25) is 0 Å². The standard InChI is InChI=1S/C24H19Cl2N3O3/c1-2-21(23(30)27-18-12-16(25)11-17(26)13-18)32-24(31)15-8-9-19-20(10-15)29-22(28-19)14-6-4-3-5-7-14/h3-13,21H,2H2,1H3,(H,27,30)(H,28,29). The van der Waals surface area contributed by atoms with Gasteiger partial charge in [-0.1, -0.05) is 60.5 Å². The van der Waals surface area contributed by atoms with Crippen LogP contribution in [0, 0.1) is 0 Å². The smallest absolute Gasteiger partial charge is 0.338 e. The number of fused-ring (bicyclic) bond motifs is 1. The summed E-state index contributed by atoms with van der Waals surface area (Å²) in [5, 5.41) is 3.46. The summed E-state index contributed by atoms with van der Waals surface area (Å²) >= 11 is 11.9. The zero-order valence-corrected chi connectivity index (χ0v) is 18.6. The maximum Gasteiger partial charge on any atom is 0.338 e. The fourth-order valence-electron chi connectivity index (χ4n) is 3.24. The van der Waals surface area contributed by atoms with E-state index in [1.165, 1.54) is 0 Å². The van der Waals surface area contributed by atoms with Gasteiger partial charge >= 0.3 is 5.97 Å². The molecule has 4 aromatic rings. The topological polar surface area (TPSA) is 84.1 Å². The molecule has 1 amide bonds. The summed E-state index contributed by atoms with van der Waals surface area (Å²) in [4.78, 5) is 33.1. The molecule has 4 rings (SSSR count). The minimum Gasteiger partial charge on any atom is -0.449 e. The predicted octanol–water partition coefficient (Wildman–Crippen LogP) is 6.11. The number of benzene rings is 3. The van der Waals surface area contributed by atoms with Crippen LogP contribution in [-0.4, -0.2) is 27.9 Å². The molecule has 2 N–H and O–H groups in total. The number of esters is 1. The summed E-state index contributed by atoms with van der Waals surface area (Å²) in [6.07, 6.45) is -0.673. The minimum absolute atomic E-state index is 0.302. The molecule has 0 aliphatic rings. The summed E-state index contributed by atoms with van der Waals surface area (Å²) in [5.74, 6) is -0.362. The molecule has 0 aliphatic heterocycles. The molecule has 0 saturated carbocycles. The van der Waals surface area contributed by atoms with E-state index in [-0.39, 0.29) is 0 Å². The van der Waals surface area contributed by atoms with Crippen LogP contribution in [0.3, 0.4) is 0 Å². The van der Waals surface area contributed by atoms with Crippen molar-refractivity contribution < 1.29 is 14.3 Å². The Morgan fingerprint density at radius 2 is 1.75 bits per heavy atom. The van der Waals surface area contributed by atoms with E-state index < -0.39 is 18.0 Å². The first-order valence-electron chi connectivity index (χ1n) is 9.96. The van der Waals surface area contributed by atoms with Gasteiger partial charge in [-0.3, -0.25) is 4.79 Å². The number of carbonyl (C=O) groups excluding carboxylic acids is 2. The molecule has 1 heterocycles. The van der Waals surface area contributed by atoms with Crippen molar-refractivity contribution in [3.8, 4) is 11.4 Å². The van der Waals surface area contributed by atoms with Gasteiger partial charge in [-0.15, -0.1) is 0 Å². The highest BCUT2D eigenvalue weighted by atomic mass is 35.5. The van der Waals surface area contributed by atoms with Gasteiger partial charge in [0.15, 0.2) is 6.10 Å². The van der Waals surface area contributed by atoms with Gasteiger partial charge in [-0.2, -0.15) is 0 Å². The third-order valence-electron chi connectivity index (χ3n) is 4.81. The first-order valence-corrected chi connectivity index (χ1v) is 10.7. The van der Waals surface area contributed by atoms with Crippen LogP contribution in [0.4, 0.5) is 5.69 Å². The van der Waals surface area contributed by atoms with Crippen LogP contribution in [0.15, 0.2) is 66.7 Å². The number of amides is 1. The van der Waals surface area contributed by atoms with E-state index in [0.717, 1.165) is 11.1 Å². The maximum atomic E-state index is 12.7. The van der Waals surface area contributed by atoms with Crippen molar-refractivity contribution in [3.05, 3.63) is 82.3 Å². The number of nitrogens with one attached hydrogen (secondary N) is 2. The lowest BCUT2D eigenvalue weighted by Crippen LogP contribution is -2.32. The Balaban J connectivity index is 1.49. The van der Waals surface area contributed by atoms with Crippen LogP contribution in [-0.2, 0) is 9.53 Å². The Bertz CT molecular complexity index is 1270. The van der Waals surface area contributed by atoms with E-state index >= 15 is 0 Å². The van der Waals surface area contributed by atoms with E-state index in [9.17, 15) is 9.59 Å². The second-order valence-electron chi connectivity index (χ2n) is 7.13. The van der Waals surface area contributed by atoms with Gasteiger partial charge in [0, 0.05) is 21.3 Å².